The quantitative estimate of drug-likeness (QED) is 0.678. The average Bonchev–Trinajstić information content (AvgIpc) is 2.76. The standard InChI is InChI=1S/C14H10ClFN2O/c1-7-4-9(15)6-12-13(7)19-14(18-12)8-2-3-11(17)10(16)5-8/h2-6H,17H2,1H3. The summed E-state index contributed by atoms with van der Waals surface area (Å²) in [6, 6.07) is 7.96. The first kappa shape index (κ1) is 12.0. The SMILES string of the molecule is Cc1cc(Cl)cc2nc(-c3ccc(N)c(F)c3)oc12. The van der Waals surface area contributed by atoms with E-state index in [1.807, 2.05) is 6.92 Å². The number of aromatic nitrogens is 1. The maximum atomic E-state index is 13.4. The molecular weight excluding hydrogens is 267 g/mol. The van der Waals surface area contributed by atoms with Gasteiger partial charge in [-0.1, -0.05) is 11.6 Å². The number of oxazole rings is 1. The van der Waals surface area contributed by atoms with Crippen LogP contribution in [0.25, 0.3) is 22.6 Å². The molecule has 3 rings (SSSR count). The van der Waals surface area contributed by atoms with Crippen LogP contribution in [0.3, 0.4) is 0 Å². The summed E-state index contributed by atoms with van der Waals surface area (Å²) in [6.07, 6.45) is 0. The molecule has 19 heavy (non-hydrogen) atoms. The highest BCUT2D eigenvalue weighted by atomic mass is 35.5. The topological polar surface area (TPSA) is 52.0 Å². The van der Waals surface area contributed by atoms with Crippen LogP contribution >= 0.6 is 11.6 Å². The minimum atomic E-state index is -0.491. The number of rotatable bonds is 1. The largest absolute Gasteiger partial charge is 0.436 e. The summed E-state index contributed by atoms with van der Waals surface area (Å²) < 4.78 is 19.1. The van der Waals surface area contributed by atoms with E-state index in [1.165, 1.54) is 12.1 Å². The molecule has 0 radical (unpaired) electrons. The molecule has 0 amide bonds. The molecule has 0 bridgehead atoms. The number of nitrogen functional groups attached to an aromatic ring is 1. The van der Waals surface area contributed by atoms with E-state index in [9.17, 15) is 4.39 Å². The lowest BCUT2D eigenvalue weighted by Gasteiger charge is -1.98. The van der Waals surface area contributed by atoms with Crippen LogP contribution in [0.5, 0.6) is 0 Å². The zero-order valence-corrected chi connectivity index (χ0v) is 10.8. The molecule has 3 nitrogen and oxygen atoms in total. The zero-order valence-electron chi connectivity index (χ0n) is 10.1. The van der Waals surface area contributed by atoms with Crippen LogP contribution in [0.2, 0.25) is 5.02 Å². The van der Waals surface area contributed by atoms with E-state index in [0.717, 1.165) is 5.56 Å². The second-order valence-electron chi connectivity index (χ2n) is 4.33. The van der Waals surface area contributed by atoms with E-state index >= 15 is 0 Å². The molecular formula is C14H10ClFN2O. The Morgan fingerprint density at radius 3 is 2.79 bits per heavy atom. The molecule has 0 saturated heterocycles. The van der Waals surface area contributed by atoms with Crippen LogP contribution < -0.4 is 5.73 Å². The smallest absolute Gasteiger partial charge is 0.227 e. The Kier molecular flexibility index (Phi) is 2.68. The number of aryl methyl sites for hydroxylation is 1. The molecule has 5 heteroatoms. The summed E-state index contributed by atoms with van der Waals surface area (Å²) in [5.74, 6) is -0.145. The third-order valence-electron chi connectivity index (χ3n) is 2.89. The highest BCUT2D eigenvalue weighted by molar-refractivity contribution is 6.31. The van der Waals surface area contributed by atoms with Crippen LogP contribution in [0.1, 0.15) is 5.56 Å². The van der Waals surface area contributed by atoms with Crippen molar-refractivity contribution in [3.63, 3.8) is 0 Å². The first-order valence-electron chi connectivity index (χ1n) is 5.66. The van der Waals surface area contributed by atoms with Gasteiger partial charge >= 0.3 is 0 Å². The molecule has 0 unspecified atom stereocenters. The van der Waals surface area contributed by atoms with Crippen molar-refractivity contribution in [2.75, 3.05) is 5.73 Å². The monoisotopic (exact) mass is 276 g/mol. The fourth-order valence-electron chi connectivity index (χ4n) is 1.94. The van der Waals surface area contributed by atoms with Gasteiger partial charge in [0.1, 0.15) is 11.3 Å². The fraction of sp³-hybridized carbons (Fsp3) is 0.0714. The van der Waals surface area contributed by atoms with Gasteiger partial charge in [-0.25, -0.2) is 9.37 Å². The number of hydrogen-bond donors (Lipinski definition) is 1. The van der Waals surface area contributed by atoms with Crippen LogP contribution in [0.15, 0.2) is 34.7 Å². The van der Waals surface area contributed by atoms with Crippen molar-refractivity contribution in [1.29, 1.82) is 0 Å². The predicted octanol–water partition coefficient (Wildman–Crippen LogP) is 4.18. The Morgan fingerprint density at radius 1 is 1.26 bits per heavy atom. The van der Waals surface area contributed by atoms with Gasteiger partial charge in [0.05, 0.1) is 5.69 Å². The van der Waals surface area contributed by atoms with E-state index < -0.39 is 5.82 Å². The number of fused-ring (bicyclic) bond motifs is 1. The zero-order chi connectivity index (χ0) is 13.6. The van der Waals surface area contributed by atoms with E-state index in [0.29, 0.717) is 27.6 Å². The number of hydrogen-bond acceptors (Lipinski definition) is 3. The summed E-state index contributed by atoms with van der Waals surface area (Å²) >= 11 is 5.97. The van der Waals surface area contributed by atoms with Gasteiger partial charge < -0.3 is 10.2 Å². The Hall–Kier alpha value is -2.07. The molecule has 1 aromatic heterocycles. The molecule has 3 aromatic rings. The molecule has 0 aliphatic heterocycles. The van der Waals surface area contributed by atoms with Gasteiger partial charge in [0, 0.05) is 10.6 Å². The summed E-state index contributed by atoms with van der Waals surface area (Å²) in [4.78, 5) is 4.32. The van der Waals surface area contributed by atoms with Crippen LogP contribution in [-0.4, -0.2) is 4.98 Å². The molecule has 0 aliphatic carbocycles. The van der Waals surface area contributed by atoms with Crippen molar-refractivity contribution < 1.29 is 8.81 Å². The van der Waals surface area contributed by atoms with Crippen molar-refractivity contribution in [3.8, 4) is 11.5 Å². The van der Waals surface area contributed by atoms with Crippen molar-refractivity contribution in [2.45, 2.75) is 6.92 Å². The number of nitrogens with two attached hydrogens (primary N) is 1. The number of anilines is 1. The second-order valence-corrected chi connectivity index (χ2v) is 4.76. The van der Waals surface area contributed by atoms with Crippen molar-refractivity contribution in [1.82, 2.24) is 4.98 Å². The van der Waals surface area contributed by atoms with Gasteiger partial charge in [0.15, 0.2) is 5.58 Å². The van der Waals surface area contributed by atoms with Crippen molar-refractivity contribution >= 4 is 28.4 Å². The minimum absolute atomic E-state index is 0.0964. The Balaban J connectivity index is 2.20. The fourth-order valence-corrected chi connectivity index (χ4v) is 2.21. The Labute approximate surface area is 113 Å². The highest BCUT2D eigenvalue weighted by Gasteiger charge is 2.12. The van der Waals surface area contributed by atoms with Gasteiger partial charge in [-0.15, -0.1) is 0 Å². The average molecular weight is 277 g/mol. The van der Waals surface area contributed by atoms with Crippen LogP contribution in [-0.2, 0) is 0 Å². The lowest BCUT2D eigenvalue weighted by Crippen LogP contribution is -1.90. The lowest BCUT2D eigenvalue weighted by atomic mass is 10.2. The van der Waals surface area contributed by atoms with Crippen LogP contribution in [0, 0.1) is 12.7 Å². The Morgan fingerprint density at radius 2 is 2.05 bits per heavy atom. The molecule has 0 saturated carbocycles. The molecule has 0 spiro atoms. The summed E-state index contributed by atoms with van der Waals surface area (Å²) in [7, 11) is 0. The third kappa shape index (κ3) is 2.04. The third-order valence-corrected chi connectivity index (χ3v) is 3.11. The molecule has 96 valence electrons. The van der Waals surface area contributed by atoms with E-state index in [-0.39, 0.29) is 5.69 Å². The van der Waals surface area contributed by atoms with E-state index in [1.54, 1.807) is 18.2 Å². The number of halogens is 2. The molecule has 0 fully saturated rings. The second kappa shape index (κ2) is 4.24. The summed E-state index contributed by atoms with van der Waals surface area (Å²) in [5, 5.41) is 0.591. The molecule has 2 N–H and O–H groups in total. The Bertz CT molecular complexity index is 782. The van der Waals surface area contributed by atoms with Gasteiger partial charge in [-0.2, -0.15) is 0 Å². The van der Waals surface area contributed by atoms with E-state index in [4.69, 9.17) is 21.8 Å². The first-order valence-corrected chi connectivity index (χ1v) is 6.04. The molecule has 0 atom stereocenters. The maximum Gasteiger partial charge on any atom is 0.227 e. The van der Waals surface area contributed by atoms with Crippen molar-refractivity contribution in [2.24, 2.45) is 0 Å². The first-order chi connectivity index (χ1) is 9.04. The van der Waals surface area contributed by atoms with Gasteiger partial charge in [-0.05, 0) is 42.8 Å². The van der Waals surface area contributed by atoms with Crippen molar-refractivity contribution in [3.05, 3.63) is 46.7 Å². The minimum Gasteiger partial charge on any atom is -0.436 e. The molecule has 2 aromatic carbocycles. The van der Waals surface area contributed by atoms with Gasteiger partial charge in [-0.3, -0.25) is 0 Å². The normalized spacial score (nSPS) is 11.1. The number of benzene rings is 2. The molecule has 1 heterocycles. The summed E-state index contributed by atoms with van der Waals surface area (Å²) in [5.41, 5.74) is 8.27. The maximum absolute atomic E-state index is 13.4. The van der Waals surface area contributed by atoms with E-state index in [2.05, 4.69) is 4.98 Å². The van der Waals surface area contributed by atoms with Gasteiger partial charge in [0.2, 0.25) is 5.89 Å². The van der Waals surface area contributed by atoms with Crippen LogP contribution in [0.4, 0.5) is 10.1 Å². The summed E-state index contributed by atoms with van der Waals surface area (Å²) in [6.45, 7) is 1.88. The number of nitrogens with zero attached hydrogens (tertiary/aromatic N) is 1. The van der Waals surface area contributed by atoms with Gasteiger partial charge in [0.25, 0.3) is 0 Å². The lowest BCUT2D eigenvalue weighted by molar-refractivity contribution is 0.611. The predicted molar refractivity (Wildman–Crippen MR) is 73.6 cm³/mol. The highest BCUT2D eigenvalue weighted by Crippen LogP contribution is 2.29. The molecule has 0 aliphatic rings.